The first-order valence-electron chi connectivity index (χ1n) is 6.53. The van der Waals surface area contributed by atoms with E-state index in [4.69, 9.17) is 5.73 Å². The number of rotatable bonds is 4. The minimum absolute atomic E-state index is 0.114. The van der Waals surface area contributed by atoms with E-state index in [0.29, 0.717) is 17.2 Å². The van der Waals surface area contributed by atoms with Gasteiger partial charge < -0.3 is 11.1 Å². The Kier molecular flexibility index (Phi) is 3.85. The van der Waals surface area contributed by atoms with Crippen LogP contribution in [-0.2, 0) is 13.0 Å². The standard InChI is InChI=1S/C14H14N4OS2/c1-2-9-6-16-12(20-9)7-17-13(19)8-3-4-10-11(5-8)21-14(15)18-10/h3-6H,2,7H2,1H3,(H2,15,18)(H,17,19). The SMILES string of the molecule is CCc1cnc(CNC(=O)c2ccc3nc(N)sc3c2)s1. The second-order valence-electron chi connectivity index (χ2n) is 4.49. The summed E-state index contributed by atoms with van der Waals surface area (Å²) in [6, 6.07) is 5.39. The van der Waals surface area contributed by atoms with E-state index >= 15 is 0 Å². The lowest BCUT2D eigenvalue weighted by molar-refractivity contribution is 0.0951. The number of aryl methyl sites for hydroxylation is 1. The average molecular weight is 318 g/mol. The van der Waals surface area contributed by atoms with Gasteiger partial charge in [-0.25, -0.2) is 9.97 Å². The Balaban J connectivity index is 1.71. The van der Waals surface area contributed by atoms with Gasteiger partial charge in [-0.05, 0) is 24.6 Å². The van der Waals surface area contributed by atoms with Gasteiger partial charge in [0.15, 0.2) is 5.13 Å². The minimum atomic E-state index is -0.114. The highest BCUT2D eigenvalue weighted by Crippen LogP contribution is 2.24. The van der Waals surface area contributed by atoms with Crippen molar-refractivity contribution in [1.29, 1.82) is 0 Å². The highest BCUT2D eigenvalue weighted by Gasteiger charge is 2.09. The minimum Gasteiger partial charge on any atom is -0.375 e. The van der Waals surface area contributed by atoms with Gasteiger partial charge in [0.05, 0.1) is 16.8 Å². The van der Waals surface area contributed by atoms with Crippen LogP contribution < -0.4 is 11.1 Å². The van der Waals surface area contributed by atoms with Gasteiger partial charge in [-0.15, -0.1) is 11.3 Å². The van der Waals surface area contributed by atoms with Crippen molar-refractivity contribution >= 4 is 43.9 Å². The number of nitrogen functional groups attached to an aromatic ring is 1. The molecule has 3 N–H and O–H groups in total. The van der Waals surface area contributed by atoms with Crippen LogP contribution in [0.4, 0.5) is 5.13 Å². The molecule has 0 spiro atoms. The monoisotopic (exact) mass is 318 g/mol. The Labute approximate surface area is 129 Å². The van der Waals surface area contributed by atoms with Gasteiger partial charge >= 0.3 is 0 Å². The van der Waals surface area contributed by atoms with E-state index in [1.165, 1.54) is 16.2 Å². The van der Waals surface area contributed by atoms with Crippen LogP contribution in [0.25, 0.3) is 10.2 Å². The van der Waals surface area contributed by atoms with Crippen LogP contribution in [0.3, 0.4) is 0 Å². The zero-order chi connectivity index (χ0) is 14.8. The van der Waals surface area contributed by atoms with Crippen molar-refractivity contribution in [2.75, 3.05) is 5.73 Å². The predicted octanol–water partition coefficient (Wildman–Crippen LogP) is 2.83. The Morgan fingerprint density at radius 1 is 1.38 bits per heavy atom. The number of nitrogens with one attached hydrogen (secondary N) is 1. The average Bonchev–Trinajstić information content (AvgIpc) is 3.08. The molecule has 2 heterocycles. The molecule has 0 saturated carbocycles. The zero-order valence-corrected chi connectivity index (χ0v) is 13.1. The zero-order valence-electron chi connectivity index (χ0n) is 11.4. The molecule has 3 rings (SSSR count). The fourth-order valence-corrected chi connectivity index (χ4v) is 3.51. The first-order chi connectivity index (χ1) is 10.2. The lowest BCUT2D eigenvalue weighted by Crippen LogP contribution is -2.22. The maximum Gasteiger partial charge on any atom is 0.251 e. The number of nitrogens with zero attached hydrogens (tertiary/aromatic N) is 2. The Hall–Kier alpha value is -1.99. The Bertz CT molecular complexity index is 793. The van der Waals surface area contributed by atoms with Crippen molar-refractivity contribution in [1.82, 2.24) is 15.3 Å². The molecule has 7 heteroatoms. The van der Waals surface area contributed by atoms with Crippen molar-refractivity contribution in [3.63, 3.8) is 0 Å². The Morgan fingerprint density at radius 2 is 2.24 bits per heavy atom. The molecule has 0 unspecified atom stereocenters. The summed E-state index contributed by atoms with van der Waals surface area (Å²) in [7, 11) is 0. The summed E-state index contributed by atoms with van der Waals surface area (Å²) >= 11 is 3.01. The second-order valence-corrected chi connectivity index (χ2v) is 6.75. The molecule has 0 bridgehead atoms. The molecule has 0 fully saturated rings. The van der Waals surface area contributed by atoms with Crippen molar-refractivity contribution in [2.24, 2.45) is 0 Å². The van der Waals surface area contributed by atoms with Crippen LogP contribution in [0.2, 0.25) is 0 Å². The van der Waals surface area contributed by atoms with E-state index in [0.717, 1.165) is 21.6 Å². The topological polar surface area (TPSA) is 80.9 Å². The molecule has 0 atom stereocenters. The van der Waals surface area contributed by atoms with E-state index in [-0.39, 0.29) is 5.91 Å². The molecular formula is C14H14N4OS2. The lowest BCUT2D eigenvalue weighted by atomic mass is 10.2. The largest absolute Gasteiger partial charge is 0.375 e. The van der Waals surface area contributed by atoms with Crippen molar-refractivity contribution in [2.45, 2.75) is 19.9 Å². The Morgan fingerprint density at radius 3 is 3.00 bits per heavy atom. The first kappa shape index (κ1) is 14.0. The molecule has 1 amide bonds. The van der Waals surface area contributed by atoms with Crippen LogP contribution in [0.5, 0.6) is 0 Å². The van der Waals surface area contributed by atoms with Gasteiger partial charge in [0, 0.05) is 16.6 Å². The van der Waals surface area contributed by atoms with Gasteiger partial charge in [0.2, 0.25) is 0 Å². The quantitative estimate of drug-likeness (QED) is 0.775. The number of benzene rings is 1. The summed E-state index contributed by atoms with van der Waals surface area (Å²) in [4.78, 5) is 21.8. The molecule has 0 saturated heterocycles. The number of thiazole rings is 2. The van der Waals surface area contributed by atoms with Crippen LogP contribution >= 0.6 is 22.7 Å². The number of hydrogen-bond donors (Lipinski definition) is 2. The van der Waals surface area contributed by atoms with E-state index in [9.17, 15) is 4.79 Å². The highest BCUT2D eigenvalue weighted by atomic mass is 32.1. The van der Waals surface area contributed by atoms with Crippen molar-refractivity contribution in [3.05, 3.63) is 39.8 Å². The molecule has 3 aromatic rings. The fourth-order valence-electron chi connectivity index (χ4n) is 1.93. The molecule has 21 heavy (non-hydrogen) atoms. The third-order valence-electron chi connectivity index (χ3n) is 3.02. The fraction of sp³-hybridized carbons (Fsp3) is 0.214. The summed E-state index contributed by atoms with van der Waals surface area (Å²) in [6.45, 7) is 2.54. The summed E-state index contributed by atoms with van der Waals surface area (Å²) < 4.78 is 0.919. The molecule has 0 aliphatic heterocycles. The molecular weight excluding hydrogens is 304 g/mol. The molecule has 0 radical (unpaired) electrons. The number of fused-ring (bicyclic) bond motifs is 1. The van der Waals surface area contributed by atoms with E-state index < -0.39 is 0 Å². The highest BCUT2D eigenvalue weighted by molar-refractivity contribution is 7.22. The number of amides is 1. The summed E-state index contributed by atoms with van der Waals surface area (Å²) in [5.74, 6) is -0.114. The predicted molar refractivity (Wildman–Crippen MR) is 86.7 cm³/mol. The molecule has 1 aromatic carbocycles. The van der Waals surface area contributed by atoms with Crippen LogP contribution in [-0.4, -0.2) is 15.9 Å². The summed E-state index contributed by atoms with van der Waals surface area (Å²) in [6.07, 6.45) is 2.83. The number of aromatic nitrogens is 2. The maximum absolute atomic E-state index is 12.2. The molecule has 2 aromatic heterocycles. The van der Waals surface area contributed by atoms with Crippen molar-refractivity contribution in [3.8, 4) is 0 Å². The van der Waals surface area contributed by atoms with Crippen LogP contribution in [0.15, 0.2) is 24.4 Å². The third-order valence-corrected chi connectivity index (χ3v) is 5.01. The first-order valence-corrected chi connectivity index (χ1v) is 8.17. The molecule has 108 valence electrons. The normalized spacial score (nSPS) is 10.9. The number of nitrogens with two attached hydrogens (primary N) is 1. The van der Waals surface area contributed by atoms with Gasteiger partial charge in [-0.3, -0.25) is 4.79 Å². The van der Waals surface area contributed by atoms with Gasteiger partial charge in [-0.1, -0.05) is 18.3 Å². The van der Waals surface area contributed by atoms with E-state index in [1.807, 2.05) is 18.3 Å². The third kappa shape index (κ3) is 3.03. The van der Waals surface area contributed by atoms with Gasteiger partial charge in [0.25, 0.3) is 5.91 Å². The van der Waals surface area contributed by atoms with Gasteiger partial charge in [0.1, 0.15) is 5.01 Å². The molecule has 0 aliphatic carbocycles. The lowest BCUT2D eigenvalue weighted by Gasteiger charge is -2.03. The summed E-state index contributed by atoms with van der Waals surface area (Å²) in [5, 5.41) is 4.32. The number of carbonyl (C=O) groups is 1. The second kappa shape index (κ2) is 5.79. The van der Waals surface area contributed by atoms with Crippen LogP contribution in [0, 0.1) is 0 Å². The number of carbonyl (C=O) groups excluding carboxylic acids is 1. The van der Waals surface area contributed by atoms with E-state index in [1.54, 1.807) is 17.4 Å². The number of hydrogen-bond acceptors (Lipinski definition) is 6. The van der Waals surface area contributed by atoms with Crippen LogP contribution in [0.1, 0.15) is 27.2 Å². The molecule has 5 nitrogen and oxygen atoms in total. The van der Waals surface area contributed by atoms with E-state index in [2.05, 4.69) is 22.2 Å². The maximum atomic E-state index is 12.2. The van der Waals surface area contributed by atoms with Crippen molar-refractivity contribution < 1.29 is 4.79 Å². The van der Waals surface area contributed by atoms with Gasteiger partial charge in [-0.2, -0.15) is 0 Å². The smallest absolute Gasteiger partial charge is 0.251 e. The summed E-state index contributed by atoms with van der Waals surface area (Å²) in [5.41, 5.74) is 7.10. The number of anilines is 1. The molecule has 0 aliphatic rings.